The molecule has 1 aliphatic carbocycles. The Kier molecular flexibility index (Phi) is 7.52. The molecule has 0 unspecified atom stereocenters. The van der Waals surface area contributed by atoms with Crippen LogP contribution in [0.1, 0.15) is 45.1 Å². The second-order valence-electron chi connectivity index (χ2n) is 9.54. The number of carbonyl (C=O) groups is 2. The Hall–Kier alpha value is -2.13. The molecule has 2 saturated heterocycles. The van der Waals surface area contributed by atoms with E-state index in [2.05, 4.69) is 0 Å². The number of fused-ring (bicyclic) bond motifs is 3. The van der Waals surface area contributed by atoms with Gasteiger partial charge in [-0.15, -0.1) is 0 Å². The monoisotopic (exact) mass is 487 g/mol. The zero-order valence-electron chi connectivity index (χ0n) is 19.5. The summed E-state index contributed by atoms with van der Waals surface area (Å²) in [4.78, 5) is 27.5. The van der Waals surface area contributed by atoms with Crippen molar-refractivity contribution in [2.45, 2.75) is 52.0 Å². The van der Waals surface area contributed by atoms with Crippen molar-refractivity contribution in [2.75, 3.05) is 13.2 Å². The number of phenols is 1. The van der Waals surface area contributed by atoms with Gasteiger partial charge in [0.05, 0.1) is 29.6 Å². The minimum atomic E-state index is -1.03. The van der Waals surface area contributed by atoms with E-state index in [9.17, 15) is 24.8 Å². The number of imide groups is 1. The number of rotatable bonds is 7. The zero-order valence-corrected chi connectivity index (χ0v) is 20.3. The quantitative estimate of drug-likeness (QED) is 0.309. The van der Waals surface area contributed by atoms with Crippen molar-refractivity contribution in [2.24, 2.45) is 17.8 Å². The van der Waals surface area contributed by atoms with E-state index >= 15 is 0 Å². The van der Waals surface area contributed by atoms with Crippen molar-refractivity contribution in [3.05, 3.63) is 45.5 Å². The number of hydrogen-bond acceptors (Lipinski definition) is 6. The maximum atomic E-state index is 13.2. The normalized spacial score (nSPS) is 27.4. The Morgan fingerprint density at radius 1 is 1.29 bits per heavy atom. The molecule has 1 aromatic rings. The second-order valence-corrected chi connectivity index (χ2v) is 9.95. The van der Waals surface area contributed by atoms with Gasteiger partial charge in [0.2, 0.25) is 11.8 Å². The molecule has 2 aliphatic heterocycles. The van der Waals surface area contributed by atoms with Crippen molar-refractivity contribution >= 4 is 36.6 Å². The maximum absolute atomic E-state index is 13.2. The van der Waals surface area contributed by atoms with Gasteiger partial charge in [-0.05, 0) is 79.8 Å². The number of amides is 2. The number of hydrogen-bond donors (Lipinski definition) is 3. The molecule has 34 heavy (non-hydrogen) atoms. The van der Waals surface area contributed by atoms with Gasteiger partial charge in [0.25, 0.3) is 0 Å². The first-order chi connectivity index (χ1) is 16.2. The third kappa shape index (κ3) is 4.69. The number of halogens is 1. The largest absolute Gasteiger partial charge is 0.508 e. The lowest BCUT2D eigenvalue weighted by Crippen LogP contribution is -2.46. The van der Waals surface area contributed by atoms with Crippen LogP contribution in [0.4, 0.5) is 0 Å². The number of aromatic hydroxyl groups is 1. The molecule has 2 fully saturated rings. The lowest BCUT2D eigenvalue weighted by Gasteiger charge is -2.42. The fraction of sp³-hybridized carbons (Fsp3) is 0.520. The molecular weight excluding hydrogens is 457 g/mol. The van der Waals surface area contributed by atoms with Gasteiger partial charge >= 0.3 is 7.12 Å². The van der Waals surface area contributed by atoms with Gasteiger partial charge in [0.1, 0.15) is 5.75 Å². The smallest absolute Gasteiger partial charge is 0.455 e. The lowest BCUT2D eigenvalue weighted by molar-refractivity contribution is -0.140. The second kappa shape index (κ2) is 10.2. The van der Waals surface area contributed by atoms with Crippen molar-refractivity contribution < 1.29 is 29.5 Å². The third-order valence-electron chi connectivity index (χ3n) is 7.22. The Bertz CT molecular complexity index is 1040. The highest BCUT2D eigenvalue weighted by Gasteiger charge is 2.56. The molecule has 4 rings (SSSR count). The van der Waals surface area contributed by atoms with Crippen LogP contribution in [0.5, 0.6) is 5.75 Å². The Morgan fingerprint density at radius 3 is 2.74 bits per heavy atom. The summed E-state index contributed by atoms with van der Waals surface area (Å²) in [5, 5.41) is 30.7. The molecule has 2 heterocycles. The fourth-order valence-corrected chi connectivity index (χ4v) is 5.98. The molecule has 182 valence electrons. The van der Waals surface area contributed by atoms with Crippen molar-refractivity contribution in [1.82, 2.24) is 4.90 Å². The fourth-order valence-electron chi connectivity index (χ4n) is 5.75. The Labute approximate surface area is 205 Å². The molecular formula is C25H31BClNO6. The van der Waals surface area contributed by atoms with Crippen LogP contribution in [-0.4, -0.2) is 58.3 Å². The number of phenolic OH excluding ortho intramolecular Hbond substituents is 1. The third-order valence-corrected chi connectivity index (χ3v) is 7.55. The molecule has 0 spiro atoms. The van der Waals surface area contributed by atoms with Crippen LogP contribution in [0.3, 0.4) is 0 Å². The molecule has 0 bridgehead atoms. The first-order valence-electron chi connectivity index (χ1n) is 11.9. The molecule has 1 aromatic carbocycles. The summed E-state index contributed by atoms with van der Waals surface area (Å²) in [6, 6.07) is 4.82. The SMILES string of the molecule is CCCN1C(=O)[C@@H]2[C@@H](CC(CO)=C3[C@@H](CC/C(C)=C/c4ccc(O)cc4Cl)OB(O)C[C@@H]32)C1=O. The predicted molar refractivity (Wildman–Crippen MR) is 130 cm³/mol. The highest BCUT2D eigenvalue weighted by atomic mass is 35.5. The molecule has 0 saturated carbocycles. The number of allylic oxidation sites excluding steroid dienone is 1. The van der Waals surface area contributed by atoms with Crippen LogP contribution in [0.25, 0.3) is 6.08 Å². The van der Waals surface area contributed by atoms with Crippen LogP contribution >= 0.6 is 11.6 Å². The Morgan fingerprint density at radius 2 is 2.06 bits per heavy atom. The predicted octanol–water partition coefficient (Wildman–Crippen LogP) is 3.43. The summed E-state index contributed by atoms with van der Waals surface area (Å²) in [5.41, 5.74) is 3.46. The number of benzene rings is 1. The highest BCUT2D eigenvalue weighted by molar-refractivity contribution is 6.43. The van der Waals surface area contributed by atoms with Gasteiger partial charge in [0, 0.05) is 6.54 Å². The van der Waals surface area contributed by atoms with Crippen LogP contribution in [0, 0.1) is 17.8 Å². The van der Waals surface area contributed by atoms with E-state index in [4.69, 9.17) is 16.3 Å². The van der Waals surface area contributed by atoms with E-state index in [1.807, 2.05) is 19.9 Å². The number of carbonyl (C=O) groups excluding carboxylic acids is 2. The van der Waals surface area contributed by atoms with E-state index in [0.717, 1.165) is 22.3 Å². The molecule has 3 N–H and O–H groups in total. The maximum Gasteiger partial charge on any atom is 0.455 e. The van der Waals surface area contributed by atoms with Crippen molar-refractivity contribution in [1.29, 1.82) is 0 Å². The molecule has 9 heteroatoms. The minimum absolute atomic E-state index is 0.104. The molecule has 7 nitrogen and oxygen atoms in total. The van der Waals surface area contributed by atoms with E-state index in [0.29, 0.717) is 37.3 Å². The summed E-state index contributed by atoms with van der Waals surface area (Å²) in [7, 11) is -1.03. The Balaban J connectivity index is 1.57. The van der Waals surface area contributed by atoms with E-state index in [1.54, 1.807) is 12.1 Å². The highest BCUT2D eigenvalue weighted by Crippen LogP contribution is 2.50. The number of nitrogens with zero attached hydrogens (tertiary/aromatic N) is 1. The van der Waals surface area contributed by atoms with Crippen LogP contribution < -0.4 is 0 Å². The van der Waals surface area contributed by atoms with Gasteiger partial charge in [-0.25, -0.2) is 0 Å². The van der Waals surface area contributed by atoms with Crippen molar-refractivity contribution in [3.8, 4) is 5.75 Å². The average molecular weight is 488 g/mol. The van der Waals surface area contributed by atoms with Gasteiger partial charge in [0.15, 0.2) is 0 Å². The summed E-state index contributed by atoms with van der Waals surface area (Å²) in [6.45, 7) is 4.10. The van der Waals surface area contributed by atoms with Crippen LogP contribution in [-0.2, 0) is 14.2 Å². The topological polar surface area (TPSA) is 107 Å². The van der Waals surface area contributed by atoms with Gasteiger partial charge < -0.3 is 19.9 Å². The summed E-state index contributed by atoms with van der Waals surface area (Å²) in [5.74, 6) is -1.51. The molecule has 0 radical (unpaired) electrons. The number of likely N-dealkylation sites (tertiary alicyclic amines) is 1. The molecule has 2 amide bonds. The molecule has 4 atom stereocenters. The number of aliphatic hydroxyl groups is 1. The van der Waals surface area contributed by atoms with E-state index in [-0.39, 0.29) is 36.4 Å². The van der Waals surface area contributed by atoms with E-state index < -0.39 is 25.1 Å². The summed E-state index contributed by atoms with van der Waals surface area (Å²) >= 11 is 6.22. The molecule has 3 aliphatic rings. The van der Waals surface area contributed by atoms with Crippen molar-refractivity contribution in [3.63, 3.8) is 0 Å². The minimum Gasteiger partial charge on any atom is -0.508 e. The standard InChI is InChI=1S/C25H31BClNO6/c1-3-8-28-24(31)18-10-16(13-29)22-19(23(18)25(28)32)12-26(33)34-21(22)7-4-14(2)9-15-5-6-17(30)11-20(15)27/h5-6,9,11,18-19,21,23,29-30,33H,3-4,7-8,10,12-13H2,1-2H3/b14-9+/t18-,19+,21-,23-/m1/s1. The first-order valence-corrected chi connectivity index (χ1v) is 12.3. The van der Waals surface area contributed by atoms with Gasteiger partial charge in [-0.3, -0.25) is 14.5 Å². The van der Waals surface area contributed by atoms with Crippen LogP contribution in [0.15, 0.2) is 34.9 Å². The average Bonchev–Trinajstić information content (AvgIpc) is 3.03. The summed E-state index contributed by atoms with van der Waals surface area (Å²) < 4.78 is 5.90. The van der Waals surface area contributed by atoms with Gasteiger partial charge in [-0.1, -0.05) is 30.2 Å². The zero-order chi connectivity index (χ0) is 24.6. The van der Waals surface area contributed by atoms with Gasteiger partial charge in [-0.2, -0.15) is 0 Å². The molecule has 0 aromatic heterocycles. The first kappa shape index (κ1) is 25.0. The van der Waals surface area contributed by atoms with Crippen LogP contribution in [0.2, 0.25) is 11.3 Å². The lowest BCUT2D eigenvalue weighted by atomic mass is 9.58. The van der Waals surface area contributed by atoms with E-state index in [1.165, 1.54) is 11.0 Å². The number of aliphatic hydroxyl groups excluding tert-OH is 1. The summed E-state index contributed by atoms with van der Waals surface area (Å²) in [6.07, 6.45) is 3.99.